The Morgan fingerprint density at radius 2 is 2.09 bits per heavy atom. The van der Waals surface area contributed by atoms with Gasteiger partial charge in [0.05, 0.1) is 25.6 Å². The maximum Gasteiger partial charge on any atom is 0.319 e. The van der Waals surface area contributed by atoms with Crippen LogP contribution < -0.4 is 14.4 Å². The summed E-state index contributed by atoms with van der Waals surface area (Å²) < 4.78 is 11.5. The van der Waals surface area contributed by atoms with E-state index in [2.05, 4.69) is 46.6 Å². The number of amides is 1. The average Bonchev–Trinajstić information content (AvgIpc) is 3.46. The largest absolute Gasteiger partial charge is 0.497 e. The molecular formula is C32H40N6O4S. The van der Waals surface area contributed by atoms with Crippen molar-refractivity contribution in [3.05, 3.63) is 47.7 Å². The molecule has 228 valence electrons. The van der Waals surface area contributed by atoms with Crippen molar-refractivity contribution >= 4 is 29.8 Å². The Labute approximate surface area is 258 Å². The number of carbonyl (C=O) groups is 2. The van der Waals surface area contributed by atoms with E-state index < -0.39 is 0 Å². The molecule has 1 amide bonds. The predicted molar refractivity (Wildman–Crippen MR) is 166 cm³/mol. The van der Waals surface area contributed by atoms with Crippen LogP contribution >= 0.6 is 11.8 Å². The van der Waals surface area contributed by atoms with Gasteiger partial charge in [0.25, 0.3) is 0 Å². The molecular weight excluding hydrogens is 564 g/mol. The number of likely N-dealkylation sites (tertiary alicyclic amines) is 1. The molecule has 2 aromatic rings. The first-order valence-electron chi connectivity index (χ1n) is 15.0. The molecule has 1 aromatic heterocycles. The summed E-state index contributed by atoms with van der Waals surface area (Å²) >= 11 is 1.87. The van der Waals surface area contributed by atoms with Gasteiger partial charge in [0.15, 0.2) is 6.29 Å². The molecule has 5 rings (SSSR count). The Kier molecular flexibility index (Phi) is 10.2. The summed E-state index contributed by atoms with van der Waals surface area (Å²) in [6, 6.07) is 8.63. The zero-order chi connectivity index (χ0) is 30.3. The van der Waals surface area contributed by atoms with Gasteiger partial charge in [0.1, 0.15) is 23.9 Å². The summed E-state index contributed by atoms with van der Waals surface area (Å²) in [4.78, 5) is 41.8. The number of aromatic nitrogens is 2. The zero-order valence-corrected chi connectivity index (χ0v) is 25.9. The van der Waals surface area contributed by atoms with E-state index in [1.54, 1.807) is 12.0 Å². The number of hydrogen-bond donors (Lipinski definition) is 0. The van der Waals surface area contributed by atoms with Gasteiger partial charge in [0, 0.05) is 41.4 Å². The number of aldehydes is 1. The minimum Gasteiger partial charge on any atom is -0.497 e. The fourth-order valence-corrected chi connectivity index (χ4v) is 7.57. The van der Waals surface area contributed by atoms with E-state index in [-0.39, 0.29) is 30.4 Å². The highest BCUT2D eigenvalue weighted by molar-refractivity contribution is 8.00. The van der Waals surface area contributed by atoms with Gasteiger partial charge >= 0.3 is 6.01 Å². The number of methoxy groups -OCH3 is 1. The average molecular weight is 605 g/mol. The molecule has 3 aliphatic rings. The SMILES string of the molecule is C=CC(=O)N1CCN(c2nc(OCC3CCCN3C)nc(C=O)c2CC[C@H]2CCc3cc(OC)ccc3S2)CC1CC#N. The van der Waals surface area contributed by atoms with Crippen LogP contribution in [0, 0.1) is 11.3 Å². The third-order valence-electron chi connectivity index (χ3n) is 8.76. The molecule has 43 heavy (non-hydrogen) atoms. The molecule has 0 spiro atoms. The molecule has 3 aliphatic heterocycles. The molecule has 10 nitrogen and oxygen atoms in total. The van der Waals surface area contributed by atoms with Crippen LogP contribution in [0.25, 0.3) is 0 Å². The lowest BCUT2D eigenvalue weighted by Gasteiger charge is -2.41. The number of aryl methyl sites for hydroxylation is 1. The number of thioether (sulfide) groups is 1. The molecule has 0 aliphatic carbocycles. The van der Waals surface area contributed by atoms with Crippen molar-refractivity contribution in [1.82, 2.24) is 19.8 Å². The van der Waals surface area contributed by atoms with E-state index in [1.165, 1.54) is 16.5 Å². The number of piperazine rings is 1. The summed E-state index contributed by atoms with van der Waals surface area (Å²) in [5, 5.41) is 9.90. The van der Waals surface area contributed by atoms with Crippen molar-refractivity contribution in [3.63, 3.8) is 0 Å². The molecule has 2 fully saturated rings. The van der Waals surface area contributed by atoms with Gasteiger partial charge in [-0.1, -0.05) is 6.58 Å². The second-order valence-corrected chi connectivity index (χ2v) is 12.7. The van der Waals surface area contributed by atoms with Crippen LogP contribution in [0.3, 0.4) is 0 Å². The van der Waals surface area contributed by atoms with Crippen LogP contribution in [0.4, 0.5) is 5.82 Å². The van der Waals surface area contributed by atoms with E-state index in [4.69, 9.17) is 14.5 Å². The standard InChI is InChI=1S/C32H40N6O4S/c1-4-30(40)38-17-16-37(19-23(38)13-14-33)31-27(11-10-26-9-7-22-18-25(41-3)8-12-29(22)43-26)28(20-39)34-32(35-31)42-21-24-6-5-15-36(24)2/h4,8,12,18,20,23-24,26H,1,5-7,9-11,13,15-17,19,21H2,2-3H3/t23?,24?,26-/m1/s1. The topological polar surface area (TPSA) is 112 Å². The lowest BCUT2D eigenvalue weighted by Crippen LogP contribution is -2.55. The molecule has 11 heteroatoms. The number of hydrogen-bond acceptors (Lipinski definition) is 10. The van der Waals surface area contributed by atoms with Crippen molar-refractivity contribution in [1.29, 1.82) is 5.26 Å². The number of carbonyl (C=O) groups excluding carboxylic acids is 2. The van der Waals surface area contributed by atoms with Crippen LogP contribution in [0.15, 0.2) is 35.7 Å². The summed E-state index contributed by atoms with van der Waals surface area (Å²) in [6.07, 6.45) is 7.96. The molecule has 2 saturated heterocycles. The normalized spacial score (nSPS) is 22.0. The lowest BCUT2D eigenvalue weighted by molar-refractivity contribution is -0.128. The van der Waals surface area contributed by atoms with Crippen LogP contribution in [0.5, 0.6) is 11.8 Å². The number of nitrogens with zero attached hydrogens (tertiary/aromatic N) is 6. The van der Waals surface area contributed by atoms with Crippen molar-refractivity contribution in [2.24, 2.45) is 0 Å². The Bertz CT molecular complexity index is 1380. The van der Waals surface area contributed by atoms with E-state index >= 15 is 0 Å². The molecule has 1 aromatic carbocycles. The van der Waals surface area contributed by atoms with Crippen LogP contribution in [0.1, 0.15) is 53.7 Å². The number of likely N-dealkylation sites (N-methyl/N-ethyl adjacent to an activating group) is 1. The first-order chi connectivity index (χ1) is 20.9. The second-order valence-electron chi connectivity index (χ2n) is 11.4. The second kappa shape index (κ2) is 14.2. The first-order valence-corrected chi connectivity index (χ1v) is 15.9. The Hall–Kier alpha value is -3.62. The van der Waals surface area contributed by atoms with Crippen LogP contribution in [-0.2, 0) is 17.6 Å². The first kappa shape index (κ1) is 30.8. The van der Waals surface area contributed by atoms with Crippen molar-refractivity contribution in [2.75, 3.05) is 51.8 Å². The Morgan fingerprint density at radius 3 is 2.81 bits per heavy atom. The van der Waals surface area contributed by atoms with Gasteiger partial charge in [-0.3, -0.25) is 9.59 Å². The molecule has 0 radical (unpaired) electrons. The minimum absolute atomic E-state index is 0.187. The summed E-state index contributed by atoms with van der Waals surface area (Å²) in [5.74, 6) is 1.35. The zero-order valence-electron chi connectivity index (χ0n) is 25.0. The molecule has 4 heterocycles. The third kappa shape index (κ3) is 7.13. The molecule has 0 saturated carbocycles. The van der Waals surface area contributed by atoms with Crippen molar-refractivity contribution < 1.29 is 19.1 Å². The van der Waals surface area contributed by atoms with E-state index in [1.807, 2.05) is 17.8 Å². The van der Waals surface area contributed by atoms with Crippen LogP contribution in [0.2, 0.25) is 0 Å². The van der Waals surface area contributed by atoms with Gasteiger partial charge in [-0.05, 0) is 82.0 Å². The fourth-order valence-electron chi connectivity index (χ4n) is 6.28. The van der Waals surface area contributed by atoms with Crippen molar-refractivity contribution in [3.8, 4) is 17.8 Å². The predicted octanol–water partition coefficient (Wildman–Crippen LogP) is 3.93. The number of fused-ring (bicyclic) bond motifs is 1. The summed E-state index contributed by atoms with van der Waals surface area (Å²) in [7, 11) is 3.78. The maximum atomic E-state index is 12.5. The Morgan fingerprint density at radius 1 is 1.23 bits per heavy atom. The lowest BCUT2D eigenvalue weighted by atomic mass is 10.0. The molecule has 0 bridgehead atoms. The number of rotatable bonds is 11. The summed E-state index contributed by atoms with van der Waals surface area (Å²) in [5.41, 5.74) is 2.44. The highest BCUT2D eigenvalue weighted by Gasteiger charge is 2.33. The number of anilines is 1. The monoisotopic (exact) mass is 604 g/mol. The molecule has 3 atom stereocenters. The van der Waals surface area contributed by atoms with Crippen LogP contribution in [-0.4, -0.2) is 96.2 Å². The minimum atomic E-state index is -0.314. The van der Waals surface area contributed by atoms with E-state index in [0.29, 0.717) is 49.4 Å². The maximum absolute atomic E-state index is 12.5. The van der Waals surface area contributed by atoms with Crippen molar-refractivity contribution in [2.45, 2.75) is 67.2 Å². The third-order valence-corrected chi connectivity index (χ3v) is 10.2. The van der Waals surface area contributed by atoms with Gasteiger partial charge in [0.2, 0.25) is 5.91 Å². The van der Waals surface area contributed by atoms with E-state index in [0.717, 1.165) is 56.2 Å². The fraction of sp³-hybridized carbons (Fsp3) is 0.531. The number of ether oxygens (including phenoxy) is 2. The highest BCUT2D eigenvalue weighted by atomic mass is 32.2. The Balaban J connectivity index is 1.39. The summed E-state index contributed by atoms with van der Waals surface area (Å²) in [6.45, 7) is 6.49. The van der Waals surface area contributed by atoms with E-state index in [9.17, 15) is 14.9 Å². The van der Waals surface area contributed by atoms with Gasteiger partial charge in [-0.15, -0.1) is 11.8 Å². The van der Waals surface area contributed by atoms with Gasteiger partial charge in [-0.25, -0.2) is 0 Å². The molecule has 0 N–H and O–H groups in total. The quantitative estimate of drug-likeness (QED) is 0.276. The van der Waals surface area contributed by atoms with Gasteiger partial charge in [-0.2, -0.15) is 15.2 Å². The highest BCUT2D eigenvalue weighted by Crippen LogP contribution is 2.39. The smallest absolute Gasteiger partial charge is 0.319 e. The number of nitriles is 1. The van der Waals surface area contributed by atoms with Gasteiger partial charge < -0.3 is 24.2 Å². The number of benzene rings is 1. The molecule has 2 unspecified atom stereocenters.